The maximum Gasteiger partial charge on any atom is 0.192 e. The second kappa shape index (κ2) is 8.13. The molecule has 1 nitrogen and oxygen atoms in total. The quantitative estimate of drug-likeness (QED) is 0.410. The van der Waals surface area contributed by atoms with E-state index in [0.29, 0.717) is 22.0 Å². The van der Waals surface area contributed by atoms with Gasteiger partial charge < -0.3 is 4.43 Å². The average Bonchev–Trinajstić information content (AvgIpc) is 2.82. The third-order valence-electron chi connectivity index (χ3n) is 8.66. The summed E-state index contributed by atoms with van der Waals surface area (Å²) in [6.07, 6.45) is 11.7. The summed E-state index contributed by atoms with van der Waals surface area (Å²) >= 11 is 0. The van der Waals surface area contributed by atoms with Gasteiger partial charge in [-0.1, -0.05) is 74.7 Å². The molecule has 0 N–H and O–H groups in total. The van der Waals surface area contributed by atoms with Gasteiger partial charge in [-0.15, -0.1) is 0 Å². The minimum atomic E-state index is -1.68. The Morgan fingerprint density at radius 3 is 2.22 bits per heavy atom. The van der Waals surface area contributed by atoms with Gasteiger partial charge in [-0.05, 0) is 78.8 Å². The fraction of sp³-hybridized carbons (Fsp3) is 1.00. The molecule has 2 rings (SSSR count). The van der Waals surface area contributed by atoms with Gasteiger partial charge in [0.05, 0.1) is 0 Å². The molecule has 2 saturated carbocycles. The van der Waals surface area contributed by atoms with Crippen molar-refractivity contribution in [2.75, 3.05) is 0 Å². The van der Waals surface area contributed by atoms with Crippen molar-refractivity contribution in [1.82, 2.24) is 0 Å². The van der Waals surface area contributed by atoms with Crippen LogP contribution in [0.15, 0.2) is 0 Å². The monoisotopic (exact) mass is 394 g/mol. The summed E-state index contributed by atoms with van der Waals surface area (Å²) < 4.78 is 7.02. The molecule has 5 atom stereocenters. The highest BCUT2D eigenvalue weighted by molar-refractivity contribution is 6.74. The van der Waals surface area contributed by atoms with E-state index in [1.807, 2.05) is 0 Å². The van der Waals surface area contributed by atoms with Crippen molar-refractivity contribution in [2.24, 2.45) is 28.6 Å². The molecule has 0 amide bonds. The van der Waals surface area contributed by atoms with Crippen molar-refractivity contribution in [3.8, 4) is 0 Å². The van der Waals surface area contributed by atoms with Gasteiger partial charge in [0.25, 0.3) is 0 Å². The zero-order chi connectivity index (χ0) is 20.7. The van der Waals surface area contributed by atoms with E-state index in [-0.39, 0.29) is 0 Å². The van der Waals surface area contributed by atoms with E-state index in [1.54, 1.807) is 0 Å². The minimum absolute atomic E-state index is 0.319. The minimum Gasteiger partial charge on any atom is -0.414 e. The normalized spacial score (nSPS) is 33.8. The summed E-state index contributed by atoms with van der Waals surface area (Å²) in [6, 6.07) is 0. The average molecular weight is 395 g/mol. The number of fused-ring (bicyclic) bond motifs is 1. The molecule has 0 saturated heterocycles. The summed E-state index contributed by atoms with van der Waals surface area (Å²) in [6.45, 7) is 24.4. The third-order valence-corrected chi connectivity index (χ3v) is 13.2. The Labute approximate surface area is 172 Å². The molecule has 27 heavy (non-hydrogen) atoms. The largest absolute Gasteiger partial charge is 0.414 e. The molecule has 0 aromatic rings. The van der Waals surface area contributed by atoms with Gasteiger partial charge in [0.15, 0.2) is 8.32 Å². The van der Waals surface area contributed by atoms with Gasteiger partial charge in [0, 0.05) is 6.10 Å². The molecule has 2 aliphatic rings. The molecule has 0 radical (unpaired) electrons. The van der Waals surface area contributed by atoms with Crippen LogP contribution < -0.4 is 0 Å². The first-order valence-electron chi connectivity index (χ1n) is 11.9. The summed E-state index contributed by atoms with van der Waals surface area (Å²) in [4.78, 5) is 0. The Hall–Kier alpha value is 0.177. The molecule has 160 valence electrons. The summed E-state index contributed by atoms with van der Waals surface area (Å²) in [5, 5.41) is 0.319. The molecule has 2 heteroatoms. The van der Waals surface area contributed by atoms with Crippen LogP contribution in [0.1, 0.15) is 107 Å². The Morgan fingerprint density at radius 1 is 1.04 bits per heavy atom. The summed E-state index contributed by atoms with van der Waals surface area (Å²) in [7, 11) is -1.68. The van der Waals surface area contributed by atoms with Gasteiger partial charge in [0.1, 0.15) is 0 Å². The maximum atomic E-state index is 7.02. The molecule has 2 aliphatic carbocycles. The van der Waals surface area contributed by atoms with E-state index >= 15 is 0 Å². The van der Waals surface area contributed by atoms with E-state index in [1.165, 1.54) is 51.4 Å². The highest BCUT2D eigenvalue weighted by Gasteiger charge is 2.54. The van der Waals surface area contributed by atoms with Crippen molar-refractivity contribution in [2.45, 2.75) is 131 Å². The van der Waals surface area contributed by atoms with Crippen LogP contribution in [0.5, 0.6) is 0 Å². The highest BCUT2D eigenvalue weighted by Crippen LogP contribution is 2.59. The second-order valence-corrected chi connectivity index (χ2v) is 17.8. The summed E-state index contributed by atoms with van der Waals surface area (Å²) in [5.74, 6) is 2.58. The lowest BCUT2D eigenvalue weighted by molar-refractivity contribution is -0.0214. The van der Waals surface area contributed by atoms with Crippen molar-refractivity contribution < 1.29 is 4.43 Å². The second-order valence-electron chi connectivity index (χ2n) is 13.0. The topological polar surface area (TPSA) is 9.23 Å². The van der Waals surface area contributed by atoms with Gasteiger partial charge >= 0.3 is 0 Å². The number of rotatable bonds is 6. The predicted molar refractivity (Wildman–Crippen MR) is 123 cm³/mol. The predicted octanol–water partition coefficient (Wildman–Crippen LogP) is 8.45. The van der Waals surface area contributed by atoms with Crippen LogP contribution in [-0.4, -0.2) is 14.4 Å². The van der Waals surface area contributed by atoms with Crippen molar-refractivity contribution in [3.63, 3.8) is 0 Å². The van der Waals surface area contributed by atoms with Crippen LogP contribution in [0.25, 0.3) is 0 Å². The zero-order valence-electron chi connectivity index (χ0n) is 20.4. The number of hydrogen-bond acceptors (Lipinski definition) is 1. The molecular weight excluding hydrogens is 344 g/mol. The third kappa shape index (κ3) is 5.41. The van der Waals surface area contributed by atoms with Crippen LogP contribution >= 0.6 is 0 Å². The fourth-order valence-electron chi connectivity index (χ4n) is 5.95. The fourth-order valence-corrected chi connectivity index (χ4v) is 7.34. The Morgan fingerprint density at radius 2 is 1.67 bits per heavy atom. The van der Waals surface area contributed by atoms with Crippen LogP contribution in [0, 0.1) is 28.6 Å². The van der Waals surface area contributed by atoms with Crippen LogP contribution in [-0.2, 0) is 4.43 Å². The first-order valence-corrected chi connectivity index (χ1v) is 14.8. The van der Waals surface area contributed by atoms with E-state index < -0.39 is 8.32 Å². The van der Waals surface area contributed by atoms with Crippen molar-refractivity contribution >= 4 is 8.32 Å². The lowest BCUT2D eigenvalue weighted by Crippen LogP contribution is -2.50. The van der Waals surface area contributed by atoms with Gasteiger partial charge in [-0.3, -0.25) is 0 Å². The Balaban J connectivity index is 2.04. The van der Waals surface area contributed by atoms with E-state index in [0.717, 1.165) is 17.8 Å². The zero-order valence-corrected chi connectivity index (χ0v) is 21.4. The van der Waals surface area contributed by atoms with E-state index in [4.69, 9.17) is 4.43 Å². The van der Waals surface area contributed by atoms with Gasteiger partial charge in [-0.2, -0.15) is 0 Å². The van der Waals surface area contributed by atoms with Crippen molar-refractivity contribution in [3.05, 3.63) is 0 Å². The first kappa shape index (κ1) is 23.5. The van der Waals surface area contributed by atoms with Crippen LogP contribution in [0.2, 0.25) is 18.1 Å². The molecule has 0 aromatic carbocycles. The first-order chi connectivity index (χ1) is 12.2. The molecule has 0 heterocycles. The smallest absolute Gasteiger partial charge is 0.192 e. The molecule has 0 bridgehead atoms. The molecular formula is C25H50OSi. The molecule has 0 unspecified atom stereocenters. The van der Waals surface area contributed by atoms with Gasteiger partial charge in [0.2, 0.25) is 0 Å². The van der Waals surface area contributed by atoms with Gasteiger partial charge in [-0.25, -0.2) is 0 Å². The lowest BCUT2D eigenvalue weighted by atomic mass is 9.61. The molecule has 0 aromatic heterocycles. The SMILES string of the molecule is C[C@@H](CCCC(C)(C)C)[C@H]1CC[C@H]2[C@@H](O[Si](C)(C)C(C)(C)C)CCC[C@]12C. The highest BCUT2D eigenvalue weighted by atomic mass is 28.4. The Kier molecular flexibility index (Phi) is 7.06. The van der Waals surface area contributed by atoms with Crippen LogP contribution in [0.4, 0.5) is 0 Å². The molecule has 0 aliphatic heterocycles. The van der Waals surface area contributed by atoms with Crippen LogP contribution in [0.3, 0.4) is 0 Å². The summed E-state index contributed by atoms with van der Waals surface area (Å²) in [5.41, 5.74) is 1.00. The molecule has 2 fully saturated rings. The standard InChI is InChI=1S/C25H50OSi/c1-19(13-11-17-23(2,3)4)20-15-16-21-22(14-12-18-25(20,21)8)26-27(9,10)24(5,6)7/h19-22H,11-18H2,1-10H3/t19-,20+,21-,22-,25+/m0/s1. The van der Waals surface area contributed by atoms with E-state index in [9.17, 15) is 0 Å². The van der Waals surface area contributed by atoms with Crippen molar-refractivity contribution in [1.29, 1.82) is 0 Å². The molecule has 0 spiro atoms. The number of hydrogen-bond donors (Lipinski definition) is 0. The Bertz CT molecular complexity index is 484. The lowest BCUT2D eigenvalue weighted by Gasteiger charge is -2.50. The maximum absolute atomic E-state index is 7.02. The van der Waals surface area contributed by atoms with E-state index in [2.05, 4.69) is 68.5 Å².